The SMILES string of the molecule is Cc1cc2c(cc1N)NC(=O)[C@H](C)CCC[C@H](N1CCC(c3c(F)ccc(Cl)c3F)=CC1=O)c1cc-2ccn1. The molecule has 202 valence electrons. The second-order valence-electron chi connectivity index (χ2n) is 10.2. The number of rotatable bonds is 2. The molecule has 3 N–H and O–H groups in total. The van der Waals surface area contributed by atoms with Crippen molar-refractivity contribution in [1.29, 1.82) is 0 Å². The zero-order valence-corrected chi connectivity index (χ0v) is 22.5. The van der Waals surface area contributed by atoms with E-state index in [1.54, 1.807) is 17.2 Å². The lowest BCUT2D eigenvalue weighted by Gasteiger charge is -2.34. The van der Waals surface area contributed by atoms with Gasteiger partial charge in [0.25, 0.3) is 0 Å². The lowest BCUT2D eigenvalue weighted by atomic mass is 9.92. The summed E-state index contributed by atoms with van der Waals surface area (Å²) in [6, 6.07) is 9.38. The molecule has 2 aliphatic heterocycles. The van der Waals surface area contributed by atoms with Crippen LogP contribution in [-0.2, 0) is 9.59 Å². The van der Waals surface area contributed by atoms with Crippen LogP contribution in [0, 0.1) is 24.5 Å². The number of aromatic nitrogens is 1. The Balaban J connectivity index is 1.55. The van der Waals surface area contributed by atoms with Crippen molar-refractivity contribution in [2.45, 2.75) is 45.6 Å². The van der Waals surface area contributed by atoms with E-state index in [1.807, 2.05) is 32.0 Å². The molecule has 9 heteroatoms. The molecule has 2 amide bonds. The summed E-state index contributed by atoms with van der Waals surface area (Å²) in [4.78, 5) is 32.7. The third kappa shape index (κ3) is 5.26. The molecule has 2 aliphatic rings. The van der Waals surface area contributed by atoms with Crippen molar-refractivity contribution in [2.75, 3.05) is 17.6 Å². The highest BCUT2D eigenvalue weighted by molar-refractivity contribution is 6.31. The molecule has 2 atom stereocenters. The smallest absolute Gasteiger partial charge is 0.247 e. The second kappa shape index (κ2) is 10.8. The standard InChI is InChI=1S/C30H29ClF2N4O2/c1-16-4-3-5-26(37-11-9-19(14-27(37)38)28-22(32)7-6-21(31)29(28)33)25-13-18(8-10-35-25)20-12-17(2)23(34)15-24(20)36-30(16)39/h6-8,10,12-16,26H,3-5,9,11,34H2,1-2H3,(H,36,39)/t16-,26+/m1/s1. The van der Waals surface area contributed by atoms with E-state index in [0.29, 0.717) is 36.3 Å². The first kappa shape index (κ1) is 26.8. The number of pyridine rings is 1. The van der Waals surface area contributed by atoms with Gasteiger partial charge in [-0.15, -0.1) is 0 Å². The Bertz CT molecular complexity index is 1510. The summed E-state index contributed by atoms with van der Waals surface area (Å²) in [6.45, 7) is 4.04. The molecule has 2 bridgehead atoms. The van der Waals surface area contributed by atoms with Gasteiger partial charge in [0.2, 0.25) is 11.8 Å². The summed E-state index contributed by atoms with van der Waals surface area (Å²) in [5.41, 5.74) is 10.6. The largest absolute Gasteiger partial charge is 0.398 e. The van der Waals surface area contributed by atoms with Gasteiger partial charge in [0.05, 0.1) is 28.0 Å². The molecule has 1 aromatic heterocycles. The fourth-order valence-electron chi connectivity index (χ4n) is 5.32. The van der Waals surface area contributed by atoms with E-state index in [4.69, 9.17) is 17.3 Å². The van der Waals surface area contributed by atoms with Crippen LogP contribution in [0.25, 0.3) is 16.7 Å². The Hall–Kier alpha value is -3.78. The van der Waals surface area contributed by atoms with Crippen LogP contribution in [0.3, 0.4) is 0 Å². The average molecular weight is 551 g/mol. The Kier molecular flexibility index (Phi) is 7.40. The minimum absolute atomic E-state index is 0.0990. The van der Waals surface area contributed by atoms with Crippen LogP contribution in [0.15, 0.2) is 48.7 Å². The molecule has 6 nitrogen and oxygen atoms in total. The monoisotopic (exact) mass is 550 g/mol. The number of benzene rings is 2. The maximum Gasteiger partial charge on any atom is 0.247 e. The van der Waals surface area contributed by atoms with Crippen LogP contribution >= 0.6 is 11.6 Å². The Morgan fingerprint density at radius 2 is 1.92 bits per heavy atom. The predicted octanol–water partition coefficient (Wildman–Crippen LogP) is 6.69. The van der Waals surface area contributed by atoms with Crippen LogP contribution in [0.2, 0.25) is 5.02 Å². The van der Waals surface area contributed by atoms with Gasteiger partial charge in [-0.3, -0.25) is 14.6 Å². The number of aryl methyl sites for hydroxylation is 1. The molecule has 0 spiro atoms. The number of nitrogens with two attached hydrogens (primary N) is 1. The van der Waals surface area contributed by atoms with E-state index in [1.165, 1.54) is 6.08 Å². The molecule has 3 aromatic rings. The van der Waals surface area contributed by atoms with E-state index in [0.717, 1.165) is 28.8 Å². The number of nitrogens with zero attached hydrogens (tertiary/aromatic N) is 2. The Labute approximate surface area is 230 Å². The Morgan fingerprint density at radius 1 is 1.13 bits per heavy atom. The zero-order valence-electron chi connectivity index (χ0n) is 21.7. The number of carbonyl (C=O) groups is 2. The third-order valence-corrected chi connectivity index (χ3v) is 7.90. The first-order valence-electron chi connectivity index (χ1n) is 13.0. The number of halogens is 3. The number of hydrogen-bond acceptors (Lipinski definition) is 4. The van der Waals surface area contributed by atoms with Crippen LogP contribution in [-0.4, -0.2) is 28.2 Å². The lowest BCUT2D eigenvalue weighted by Crippen LogP contribution is -2.38. The van der Waals surface area contributed by atoms with Gasteiger partial charge in [-0.05, 0) is 79.3 Å². The highest BCUT2D eigenvalue weighted by atomic mass is 35.5. The fourth-order valence-corrected chi connectivity index (χ4v) is 5.47. The summed E-state index contributed by atoms with van der Waals surface area (Å²) < 4.78 is 29.2. The number of anilines is 2. The van der Waals surface area contributed by atoms with Crippen molar-refractivity contribution >= 4 is 40.4 Å². The van der Waals surface area contributed by atoms with E-state index in [-0.39, 0.29) is 52.9 Å². The fraction of sp³-hybridized carbons (Fsp3) is 0.300. The first-order valence-corrected chi connectivity index (χ1v) is 13.3. The number of nitrogen functional groups attached to an aromatic ring is 1. The number of carbonyl (C=O) groups excluding carboxylic acids is 2. The van der Waals surface area contributed by atoms with E-state index >= 15 is 0 Å². The van der Waals surface area contributed by atoms with Gasteiger partial charge in [0, 0.05) is 36.0 Å². The second-order valence-corrected chi connectivity index (χ2v) is 10.6. The van der Waals surface area contributed by atoms with Crippen LogP contribution < -0.4 is 11.1 Å². The van der Waals surface area contributed by atoms with Gasteiger partial charge in [-0.2, -0.15) is 0 Å². The van der Waals surface area contributed by atoms with Gasteiger partial charge in [0.1, 0.15) is 5.82 Å². The van der Waals surface area contributed by atoms with E-state index < -0.39 is 11.6 Å². The molecule has 0 fully saturated rings. The number of fused-ring (bicyclic) bond motifs is 4. The zero-order chi connectivity index (χ0) is 27.8. The molecular formula is C30H29ClF2N4O2. The molecule has 0 saturated heterocycles. The minimum Gasteiger partial charge on any atom is -0.398 e. The minimum atomic E-state index is -0.869. The summed E-state index contributed by atoms with van der Waals surface area (Å²) >= 11 is 5.89. The Morgan fingerprint density at radius 3 is 2.69 bits per heavy atom. The van der Waals surface area contributed by atoms with Gasteiger partial charge in [-0.25, -0.2) is 8.78 Å². The summed E-state index contributed by atoms with van der Waals surface area (Å²) in [6.07, 6.45) is 5.11. The topological polar surface area (TPSA) is 88.3 Å². The van der Waals surface area contributed by atoms with Crippen molar-refractivity contribution in [1.82, 2.24) is 9.88 Å². The van der Waals surface area contributed by atoms with Gasteiger partial charge in [0.15, 0.2) is 5.82 Å². The number of amides is 2. The van der Waals surface area contributed by atoms with Gasteiger partial charge < -0.3 is 16.0 Å². The van der Waals surface area contributed by atoms with Crippen LogP contribution in [0.4, 0.5) is 20.2 Å². The molecule has 39 heavy (non-hydrogen) atoms. The quantitative estimate of drug-likeness (QED) is 0.275. The van der Waals surface area contributed by atoms with Crippen molar-refractivity contribution in [3.63, 3.8) is 0 Å². The van der Waals surface area contributed by atoms with Crippen LogP contribution in [0.1, 0.15) is 55.5 Å². The van der Waals surface area contributed by atoms with Crippen LogP contribution in [0.5, 0.6) is 0 Å². The van der Waals surface area contributed by atoms with Crippen molar-refractivity contribution in [3.05, 3.63) is 82.1 Å². The first-order chi connectivity index (χ1) is 18.6. The number of hydrogen-bond donors (Lipinski definition) is 2. The highest BCUT2D eigenvalue weighted by Gasteiger charge is 2.31. The number of nitrogens with one attached hydrogen (secondary N) is 1. The average Bonchev–Trinajstić information content (AvgIpc) is 2.91. The summed E-state index contributed by atoms with van der Waals surface area (Å²) in [5.74, 6) is -2.34. The van der Waals surface area contributed by atoms with Gasteiger partial charge >= 0.3 is 0 Å². The lowest BCUT2D eigenvalue weighted by molar-refractivity contribution is -0.129. The maximum atomic E-state index is 14.7. The molecule has 0 saturated carbocycles. The van der Waals surface area contributed by atoms with Crippen molar-refractivity contribution in [3.8, 4) is 11.1 Å². The maximum absolute atomic E-state index is 14.7. The van der Waals surface area contributed by atoms with E-state index in [2.05, 4.69) is 10.3 Å². The van der Waals surface area contributed by atoms with Crippen molar-refractivity contribution in [2.24, 2.45) is 5.92 Å². The molecule has 0 unspecified atom stereocenters. The molecule has 0 radical (unpaired) electrons. The molecule has 5 rings (SSSR count). The van der Waals surface area contributed by atoms with Crippen molar-refractivity contribution < 1.29 is 18.4 Å². The third-order valence-electron chi connectivity index (χ3n) is 7.60. The molecule has 3 heterocycles. The highest BCUT2D eigenvalue weighted by Crippen LogP contribution is 2.38. The molecule has 2 aromatic carbocycles. The summed E-state index contributed by atoms with van der Waals surface area (Å²) in [7, 11) is 0. The molecule has 0 aliphatic carbocycles. The normalized spacial score (nSPS) is 19.9. The summed E-state index contributed by atoms with van der Waals surface area (Å²) in [5, 5.41) is 2.84. The molecular weight excluding hydrogens is 522 g/mol. The predicted molar refractivity (Wildman–Crippen MR) is 149 cm³/mol. The van der Waals surface area contributed by atoms with Gasteiger partial charge in [-0.1, -0.05) is 24.9 Å². The van der Waals surface area contributed by atoms with E-state index in [9.17, 15) is 18.4 Å².